The first-order chi connectivity index (χ1) is 9.84. The van der Waals surface area contributed by atoms with Crippen molar-refractivity contribution in [2.24, 2.45) is 5.14 Å². The molecule has 0 bridgehead atoms. The fraction of sp³-hybridized carbons (Fsp3) is 0.538. The molecule has 2 N–H and O–H groups in total. The Morgan fingerprint density at radius 1 is 1.18 bits per heavy atom. The molecule has 0 aliphatic rings. The summed E-state index contributed by atoms with van der Waals surface area (Å²) in [6, 6.07) is 2.31. The molecule has 0 aliphatic carbocycles. The number of halogens is 6. The van der Waals surface area contributed by atoms with Gasteiger partial charge in [-0.25, -0.2) is 4.21 Å². The summed E-state index contributed by atoms with van der Waals surface area (Å²) in [6.07, 6.45) is -9.85. The van der Waals surface area contributed by atoms with Crippen LogP contribution in [0.1, 0.15) is 36.0 Å². The van der Waals surface area contributed by atoms with Gasteiger partial charge >= 0.3 is 12.4 Å². The van der Waals surface area contributed by atoms with Crippen LogP contribution in [-0.2, 0) is 17.2 Å². The molecule has 1 rings (SSSR count). The van der Waals surface area contributed by atoms with Gasteiger partial charge in [0.2, 0.25) is 0 Å². The molecule has 2 nitrogen and oxygen atoms in total. The molecule has 0 radical (unpaired) electrons. The third-order valence-electron chi connectivity index (χ3n) is 3.32. The van der Waals surface area contributed by atoms with Crippen LogP contribution in [0.15, 0.2) is 18.2 Å². The lowest BCUT2D eigenvalue weighted by Crippen LogP contribution is -2.28. The minimum absolute atomic E-state index is 0.291. The van der Waals surface area contributed by atoms with Gasteiger partial charge in [-0.3, -0.25) is 5.14 Å². The molecule has 0 amide bonds. The van der Waals surface area contributed by atoms with Gasteiger partial charge in [0.1, 0.15) is 0 Å². The van der Waals surface area contributed by atoms with E-state index in [-0.39, 0.29) is 11.1 Å². The minimum Gasteiger partial charge on any atom is -0.252 e. The second kappa shape index (κ2) is 6.57. The van der Waals surface area contributed by atoms with Crippen LogP contribution in [-0.4, -0.2) is 15.6 Å². The summed E-state index contributed by atoms with van der Waals surface area (Å²) in [6.45, 7) is 2.40. The molecule has 0 aliphatic heterocycles. The third-order valence-corrected chi connectivity index (χ3v) is 4.30. The summed E-state index contributed by atoms with van der Waals surface area (Å²) in [5.41, 5.74) is -1.57. The van der Waals surface area contributed by atoms with Gasteiger partial charge in [0.25, 0.3) is 0 Å². The fourth-order valence-corrected chi connectivity index (χ4v) is 2.49. The fourth-order valence-electron chi connectivity index (χ4n) is 2.11. The molecule has 0 aromatic heterocycles. The quantitative estimate of drug-likeness (QED) is 0.820. The Labute approximate surface area is 126 Å². The Hall–Kier alpha value is -1.09. The molecule has 22 heavy (non-hydrogen) atoms. The maximum Gasteiger partial charge on any atom is 0.416 e. The van der Waals surface area contributed by atoms with Gasteiger partial charge in [-0.05, 0) is 37.5 Å². The number of benzene rings is 1. The van der Waals surface area contributed by atoms with Crippen molar-refractivity contribution < 1.29 is 30.6 Å². The Morgan fingerprint density at radius 2 is 1.73 bits per heavy atom. The van der Waals surface area contributed by atoms with E-state index in [1.54, 1.807) is 0 Å². The van der Waals surface area contributed by atoms with E-state index >= 15 is 0 Å². The zero-order valence-corrected chi connectivity index (χ0v) is 12.6. The number of rotatable bonds is 4. The van der Waals surface area contributed by atoms with Gasteiger partial charge < -0.3 is 0 Å². The Morgan fingerprint density at radius 3 is 2.09 bits per heavy atom. The lowest BCUT2D eigenvalue weighted by Gasteiger charge is -2.24. The lowest BCUT2D eigenvalue weighted by atomic mass is 9.91. The minimum atomic E-state index is -4.67. The molecule has 0 spiro atoms. The van der Waals surface area contributed by atoms with Crippen molar-refractivity contribution in [1.82, 2.24) is 0 Å². The number of alkyl halides is 6. The van der Waals surface area contributed by atoms with Crippen molar-refractivity contribution in [2.45, 2.75) is 43.8 Å². The number of hydrogen-bond acceptors (Lipinski definition) is 1. The summed E-state index contributed by atoms with van der Waals surface area (Å²) in [5, 5.41) is 4.14. The van der Waals surface area contributed by atoms with Crippen molar-refractivity contribution in [3.63, 3.8) is 0 Å². The zero-order chi connectivity index (χ0) is 17.3. The molecular formula is C13H15F6NOS. The van der Waals surface area contributed by atoms with E-state index < -0.39 is 46.5 Å². The molecular weight excluding hydrogens is 332 g/mol. The molecule has 126 valence electrons. The van der Waals surface area contributed by atoms with Gasteiger partial charge in [-0.1, -0.05) is 12.1 Å². The summed E-state index contributed by atoms with van der Waals surface area (Å²) in [5.74, 6) is -2.02. The lowest BCUT2D eigenvalue weighted by molar-refractivity contribution is -0.151. The van der Waals surface area contributed by atoms with Crippen LogP contribution in [0, 0.1) is 6.92 Å². The highest BCUT2D eigenvalue weighted by atomic mass is 32.2. The molecule has 0 saturated carbocycles. The summed E-state index contributed by atoms with van der Waals surface area (Å²) in [7, 11) is -1.94. The van der Waals surface area contributed by atoms with Crippen LogP contribution in [0.4, 0.5) is 26.3 Å². The number of hydrogen-bond donors (Lipinski definition) is 1. The third kappa shape index (κ3) is 4.70. The first-order valence-electron chi connectivity index (χ1n) is 6.23. The summed E-state index contributed by atoms with van der Waals surface area (Å²) < 4.78 is 88.4. The van der Waals surface area contributed by atoms with E-state index in [2.05, 4.69) is 0 Å². The first kappa shape index (κ1) is 19.0. The highest BCUT2D eigenvalue weighted by molar-refractivity contribution is 7.83. The van der Waals surface area contributed by atoms with E-state index in [0.29, 0.717) is 6.07 Å². The number of aryl methyl sites for hydroxylation is 1. The predicted molar refractivity (Wildman–Crippen MR) is 71.4 cm³/mol. The van der Waals surface area contributed by atoms with Crippen LogP contribution >= 0.6 is 0 Å². The average molecular weight is 347 g/mol. The van der Waals surface area contributed by atoms with Gasteiger partial charge in [0.15, 0.2) is 0 Å². The van der Waals surface area contributed by atoms with Crippen LogP contribution in [0.3, 0.4) is 0 Å². The largest absolute Gasteiger partial charge is 0.416 e. The van der Waals surface area contributed by atoms with Crippen LogP contribution in [0.2, 0.25) is 0 Å². The van der Waals surface area contributed by atoms with E-state index in [1.807, 2.05) is 0 Å². The molecule has 2 unspecified atom stereocenters. The highest BCUT2D eigenvalue weighted by Crippen LogP contribution is 2.40. The monoisotopic (exact) mass is 347 g/mol. The van der Waals surface area contributed by atoms with Gasteiger partial charge in [0, 0.05) is 5.25 Å². The normalized spacial score (nSPS) is 17.1. The van der Waals surface area contributed by atoms with E-state index in [1.165, 1.54) is 6.92 Å². The Kier molecular flexibility index (Phi) is 5.66. The smallest absolute Gasteiger partial charge is 0.252 e. The SMILES string of the molecule is Cc1cc([C@@H](CC(C)S(N)=O)C(F)(F)F)ccc1C(F)(F)F. The molecule has 3 atom stereocenters. The average Bonchev–Trinajstić information content (AvgIpc) is 2.32. The number of nitrogens with two attached hydrogens (primary N) is 1. The topological polar surface area (TPSA) is 43.1 Å². The van der Waals surface area contributed by atoms with Crippen molar-refractivity contribution in [1.29, 1.82) is 0 Å². The van der Waals surface area contributed by atoms with Crippen molar-refractivity contribution in [3.8, 4) is 0 Å². The van der Waals surface area contributed by atoms with Gasteiger partial charge in [-0.15, -0.1) is 0 Å². The molecule has 1 aromatic carbocycles. The maximum absolute atomic E-state index is 13.1. The molecule has 9 heteroatoms. The highest BCUT2D eigenvalue weighted by Gasteiger charge is 2.42. The van der Waals surface area contributed by atoms with Crippen LogP contribution in [0.25, 0.3) is 0 Å². The second-order valence-electron chi connectivity index (χ2n) is 5.04. The Balaban J connectivity index is 3.22. The van der Waals surface area contributed by atoms with Crippen molar-refractivity contribution in [2.75, 3.05) is 0 Å². The van der Waals surface area contributed by atoms with Crippen LogP contribution in [0.5, 0.6) is 0 Å². The van der Waals surface area contributed by atoms with E-state index in [4.69, 9.17) is 5.14 Å². The van der Waals surface area contributed by atoms with Crippen LogP contribution < -0.4 is 5.14 Å². The Bertz CT molecular complexity index is 554. The first-order valence-corrected chi connectivity index (χ1v) is 7.51. The predicted octanol–water partition coefficient (Wildman–Crippen LogP) is 4.06. The molecule has 0 heterocycles. The molecule has 0 saturated heterocycles. The molecule has 1 aromatic rings. The van der Waals surface area contributed by atoms with E-state index in [0.717, 1.165) is 19.1 Å². The van der Waals surface area contributed by atoms with E-state index in [9.17, 15) is 30.6 Å². The standard InChI is InChI=1S/C13H15F6NOS/c1-7-5-9(3-4-10(7)12(14,15)16)11(13(17,18)19)6-8(2)22(20)21/h3-5,8,11H,6,20H2,1-2H3/t8?,11-,22?/m1/s1. The second-order valence-corrected chi connectivity index (χ2v) is 6.50. The zero-order valence-electron chi connectivity index (χ0n) is 11.8. The maximum atomic E-state index is 13.1. The summed E-state index contributed by atoms with van der Waals surface area (Å²) in [4.78, 5) is 0. The molecule has 0 fully saturated rings. The van der Waals surface area contributed by atoms with Crippen molar-refractivity contribution in [3.05, 3.63) is 34.9 Å². The van der Waals surface area contributed by atoms with Gasteiger partial charge in [0.05, 0.1) is 22.5 Å². The van der Waals surface area contributed by atoms with Crippen molar-refractivity contribution >= 4 is 11.0 Å². The summed E-state index contributed by atoms with van der Waals surface area (Å²) >= 11 is 0. The van der Waals surface area contributed by atoms with Gasteiger partial charge in [-0.2, -0.15) is 26.3 Å².